The van der Waals surface area contributed by atoms with Crippen molar-refractivity contribution in [2.75, 3.05) is 11.9 Å². The Hall–Kier alpha value is -4.46. The third kappa shape index (κ3) is 3.93. The Balaban J connectivity index is 1.51. The number of nitrogens with one attached hydrogen (secondary N) is 2. The van der Waals surface area contributed by atoms with Crippen molar-refractivity contribution in [3.63, 3.8) is 0 Å². The standard InChI is InChI=1S/C24H20N6O2/c31-24(32)28-20(16-6-2-1-3-7-16)14-26-23-18-8-4-5-9-19(18)27-22(29-23)17-10-11-21-25-12-13-30(21)15-17/h1-13,15,20,28H,14H2,(H,31,32)(H,26,27,29). The average molecular weight is 424 g/mol. The van der Waals surface area contributed by atoms with Gasteiger partial charge in [0.15, 0.2) is 5.82 Å². The molecule has 0 bridgehead atoms. The van der Waals surface area contributed by atoms with Gasteiger partial charge in [0.2, 0.25) is 0 Å². The lowest BCUT2D eigenvalue weighted by molar-refractivity contribution is 0.190. The van der Waals surface area contributed by atoms with Gasteiger partial charge in [0.1, 0.15) is 11.5 Å². The third-order valence-electron chi connectivity index (χ3n) is 5.22. The highest BCUT2D eigenvalue weighted by atomic mass is 16.4. The number of hydrogen-bond acceptors (Lipinski definition) is 5. The molecule has 8 heteroatoms. The van der Waals surface area contributed by atoms with E-state index in [9.17, 15) is 9.90 Å². The predicted molar refractivity (Wildman–Crippen MR) is 123 cm³/mol. The topological polar surface area (TPSA) is 104 Å². The molecular formula is C24H20N6O2. The molecular weight excluding hydrogens is 404 g/mol. The molecule has 8 nitrogen and oxygen atoms in total. The van der Waals surface area contributed by atoms with E-state index in [2.05, 4.69) is 15.6 Å². The second kappa shape index (κ2) is 8.35. The molecule has 1 atom stereocenters. The van der Waals surface area contributed by atoms with Crippen LogP contribution in [-0.4, -0.2) is 37.1 Å². The van der Waals surface area contributed by atoms with Crippen LogP contribution in [0.2, 0.25) is 0 Å². The van der Waals surface area contributed by atoms with Gasteiger partial charge in [-0.1, -0.05) is 42.5 Å². The quantitative estimate of drug-likeness (QED) is 0.374. The van der Waals surface area contributed by atoms with Crippen molar-refractivity contribution in [1.82, 2.24) is 24.7 Å². The first-order valence-electron chi connectivity index (χ1n) is 10.2. The second-order valence-corrected chi connectivity index (χ2v) is 7.32. The van der Waals surface area contributed by atoms with Crippen molar-refractivity contribution in [3.05, 3.63) is 90.9 Å². The highest BCUT2D eigenvalue weighted by Crippen LogP contribution is 2.26. The van der Waals surface area contributed by atoms with Crippen LogP contribution in [0.25, 0.3) is 27.9 Å². The summed E-state index contributed by atoms with van der Waals surface area (Å²) in [4.78, 5) is 25.1. The highest BCUT2D eigenvalue weighted by molar-refractivity contribution is 5.90. The van der Waals surface area contributed by atoms with Crippen molar-refractivity contribution >= 4 is 28.5 Å². The summed E-state index contributed by atoms with van der Waals surface area (Å²) < 4.78 is 1.92. The minimum atomic E-state index is -1.08. The van der Waals surface area contributed by atoms with Crippen LogP contribution in [0, 0.1) is 0 Å². The summed E-state index contributed by atoms with van der Waals surface area (Å²) in [5, 5.41) is 16.1. The van der Waals surface area contributed by atoms with Gasteiger partial charge in [-0.15, -0.1) is 0 Å². The number of carboxylic acid groups (broad SMARTS) is 1. The Morgan fingerprint density at radius 1 is 1.00 bits per heavy atom. The Bertz CT molecular complexity index is 1400. The molecule has 2 aromatic carbocycles. The second-order valence-electron chi connectivity index (χ2n) is 7.32. The molecule has 3 N–H and O–H groups in total. The summed E-state index contributed by atoms with van der Waals surface area (Å²) in [6.45, 7) is 0.331. The van der Waals surface area contributed by atoms with E-state index in [-0.39, 0.29) is 0 Å². The van der Waals surface area contributed by atoms with Gasteiger partial charge in [0, 0.05) is 36.1 Å². The molecule has 3 heterocycles. The van der Waals surface area contributed by atoms with E-state index in [0.717, 1.165) is 27.7 Å². The maximum atomic E-state index is 11.4. The van der Waals surface area contributed by atoms with Crippen molar-refractivity contribution in [2.45, 2.75) is 6.04 Å². The molecule has 5 aromatic rings. The maximum absolute atomic E-state index is 11.4. The number of benzene rings is 2. The van der Waals surface area contributed by atoms with E-state index in [1.165, 1.54) is 0 Å². The first-order chi connectivity index (χ1) is 15.7. The summed E-state index contributed by atoms with van der Waals surface area (Å²) in [6, 6.07) is 20.6. The molecule has 0 saturated carbocycles. The van der Waals surface area contributed by atoms with Crippen molar-refractivity contribution < 1.29 is 9.90 Å². The molecule has 158 valence electrons. The SMILES string of the molecule is O=C(O)NC(CNc1nc(-c2ccc3nccn3c2)nc2ccccc12)c1ccccc1. The normalized spacial score (nSPS) is 12.0. The van der Waals surface area contributed by atoms with Crippen molar-refractivity contribution in [2.24, 2.45) is 0 Å². The first kappa shape index (κ1) is 19.5. The molecule has 0 aliphatic carbocycles. The Kier molecular flexibility index (Phi) is 5.09. The number of pyridine rings is 1. The first-order valence-corrected chi connectivity index (χ1v) is 10.2. The van der Waals surface area contributed by atoms with Gasteiger partial charge in [-0.25, -0.2) is 19.7 Å². The van der Waals surface area contributed by atoms with E-state index >= 15 is 0 Å². The number of aromatic nitrogens is 4. The summed E-state index contributed by atoms with van der Waals surface area (Å²) in [5.41, 5.74) is 3.37. The fraction of sp³-hybridized carbons (Fsp3) is 0.0833. The Morgan fingerprint density at radius 3 is 2.66 bits per heavy atom. The molecule has 5 rings (SSSR count). The van der Waals surface area contributed by atoms with Crippen LogP contribution in [0.1, 0.15) is 11.6 Å². The molecule has 0 aliphatic rings. The Morgan fingerprint density at radius 2 is 1.81 bits per heavy atom. The van der Waals surface area contributed by atoms with Gasteiger partial charge >= 0.3 is 6.09 Å². The summed E-state index contributed by atoms with van der Waals surface area (Å²) in [6.07, 6.45) is 4.48. The van der Waals surface area contributed by atoms with E-state index in [0.29, 0.717) is 18.2 Å². The van der Waals surface area contributed by atoms with E-state index in [1.807, 2.05) is 83.5 Å². The van der Waals surface area contributed by atoms with Gasteiger partial charge in [-0.3, -0.25) is 0 Å². The fourth-order valence-corrected chi connectivity index (χ4v) is 3.68. The van der Waals surface area contributed by atoms with Crippen LogP contribution in [-0.2, 0) is 0 Å². The van der Waals surface area contributed by atoms with Crippen LogP contribution in [0.15, 0.2) is 85.3 Å². The lowest BCUT2D eigenvalue weighted by Crippen LogP contribution is -2.32. The van der Waals surface area contributed by atoms with Gasteiger partial charge in [-0.05, 0) is 29.8 Å². The minimum absolute atomic E-state index is 0.331. The largest absolute Gasteiger partial charge is 0.465 e. The van der Waals surface area contributed by atoms with Crippen molar-refractivity contribution in [3.8, 4) is 11.4 Å². The lowest BCUT2D eigenvalue weighted by Gasteiger charge is -2.19. The van der Waals surface area contributed by atoms with Gasteiger partial charge in [0.05, 0.1) is 11.6 Å². The number of imidazole rings is 1. The zero-order chi connectivity index (χ0) is 21.9. The molecule has 0 saturated heterocycles. The van der Waals surface area contributed by atoms with E-state index in [1.54, 1.807) is 6.20 Å². The monoisotopic (exact) mass is 424 g/mol. The van der Waals surface area contributed by atoms with Crippen LogP contribution in [0.3, 0.4) is 0 Å². The molecule has 32 heavy (non-hydrogen) atoms. The third-order valence-corrected chi connectivity index (χ3v) is 5.22. The predicted octanol–water partition coefficient (Wildman–Crippen LogP) is 4.37. The highest BCUT2D eigenvalue weighted by Gasteiger charge is 2.16. The van der Waals surface area contributed by atoms with Crippen molar-refractivity contribution in [1.29, 1.82) is 0 Å². The summed E-state index contributed by atoms with van der Waals surface area (Å²) in [7, 11) is 0. The molecule has 0 aliphatic heterocycles. The smallest absolute Gasteiger partial charge is 0.405 e. The van der Waals surface area contributed by atoms with Crippen LogP contribution in [0.4, 0.5) is 10.6 Å². The summed E-state index contributed by atoms with van der Waals surface area (Å²) >= 11 is 0. The average Bonchev–Trinajstić information content (AvgIpc) is 3.30. The number of fused-ring (bicyclic) bond motifs is 2. The molecule has 3 aromatic heterocycles. The summed E-state index contributed by atoms with van der Waals surface area (Å²) in [5.74, 6) is 1.22. The van der Waals surface area contributed by atoms with Gasteiger partial charge in [0.25, 0.3) is 0 Å². The number of rotatable bonds is 6. The molecule has 1 amide bonds. The maximum Gasteiger partial charge on any atom is 0.405 e. The number of para-hydroxylation sites is 1. The molecule has 0 spiro atoms. The molecule has 1 unspecified atom stereocenters. The zero-order valence-electron chi connectivity index (χ0n) is 17.0. The number of carbonyl (C=O) groups is 1. The number of hydrogen-bond donors (Lipinski definition) is 3. The number of nitrogens with zero attached hydrogens (tertiary/aromatic N) is 4. The molecule has 0 fully saturated rings. The fourth-order valence-electron chi connectivity index (χ4n) is 3.68. The van der Waals surface area contributed by atoms with E-state index < -0.39 is 12.1 Å². The Labute approximate surface area is 183 Å². The minimum Gasteiger partial charge on any atom is -0.465 e. The van der Waals surface area contributed by atoms with E-state index in [4.69, 9.17) is 9.97 Å². The van der Waals surface area contributed by atoms with Crippen LogP contribution < -0.4 is 10.6 Å². The zero-order valence-corrected chi connectivity index (χ0v) is 17.0. The van der Waals surface area contributed by atoms with Gasteiger partial charge < -0.3 is 20.1 Å². The number of anilines is 1. The number of amides is 1. The molecule has 0 radical (unpaired) electrons. The van der Waals surface area contributed by atoms with Gasteiger partial charge in [-0.2, -0.15) is 0 Å². The van der Waals surface area contributed by atoms with Crippen LogP contribution in [0.5, 0.6) is 0 Å². The lowest BCUT2D eigenvalue weighted by atomic mass is 10.1. The van der Waals surface area contributed by atoms with Crippen LogP contribution >= 0.6 is 0 Å².